The molecule has 0 saturated heterocycles. The Balaban J connectivity index is 2.40. The quantitative estimate of drug-likeness (QED) is 0.702. The second-order valence-corrected chi connectivity index (χ2v) is 5.41. The molecule has 1 rings (SSSR count). The van der Waals surface area contributed by atoms with Gasteiger partial charge in [0.1, 0.15) is 0 Å². The molecule has 0 bridgehead atoms. The van der Waals surface area contributed by atoms with Gasteiger partial charge < -0.3 is 5.32 Å². The molecule has 1 nitrogen and oxygen atoms in total. The Morgan fingerprint density at radius 2 is 1.71 bits per heavy atom. The van der Waals surface area contributed by atoms with E-state index in [1.807, 2.05) is 0 Å². The summed E-state index contributed by atoms with van der Waals surface area (Å²) in [6, 6.07) is 9.11. The van der Waals surface area contributed by atoms with Gasteiger partial charge in [-0.2, -0.15) is 0 Å². The van der Waals surface area contributed by atoms with Crippen LogP contribution in [0.4, 0.5) is 0 Å². The molecule has 17 heavy (non-hydrogen) atoms. The van der Waals surface area contributed by atoms with Gasteiger partial charge in [0.15, 0.2) is 0 Å². The Bertz CT molecular complexity index is 300. The third-order valence-electron chi connectivity index (χ3n) is 3.15. The molecule has 0 fully saturated rings. The summed E-state index contributed by atoms with van der Waals surface area (Å²) in [4.78, 5) is 0. The van der Waals surface area contributed by atoms with Crippen LogP contribution in [0.1, 0.15) is 51.2 Å². The van der Waals surface area contributed by atoms with Gasteiger partial charge in [0.05, 0.1) is 0 Å². The van der Waals surface area contributed by atoms with Crippen molar-refractivity contribution in [2.24, 2.45) is 5.92 Å². The summed E-state index contributed by atoms with van der Waals surface area (Å²) in [5.74, 6) is 1.35. The Morgan fingerprint density at radius 3 is 2.24 bits per heavy atom. The molecule has 1 aromatic carbocycles. The Morgan fingerprint density at radius 1 is 1.06 bits per heavy atom. The average Bonchev–Trinajstić information content (AvgIpc) is 2.30. The maximum Gasteiger partial charge on any atom is -0.00200 e. The predicted octanol–water partition coefficient (Wildman–Crippen LogP) is 3.99. The third-order valence-corrected chi connectivity index (χ3v) is 3.15. The van der Waals surface area contributed by atoms with Gasteiger partial charge in [-0.25, -0.2) is 0 Å². The zero-order chi connectivity index (χ0) is 12.7. The molecule has 96 valence electrons. The molecule has 0 spiro atoms. The van der Waals surface area contributed by atoms with Gasteiger partial charge in [0, 0.05) is 0 Å². The van der Waals surface area contributed by atoms with Crippen LogP contribution >= 0.6 is 0 Å². The first-order valence-electron chi connectivity index (χ1n) is 6.93. The van der Waals surface area contributed by atoms with Crippen LogP contribution in [-0.4, -0.2) is 13.1 Å². The first-order valence-corrected chi connectivity index (χ1v) is 6.93. The highest BCUT2D eigenvalue weighted by atomic mass is 14.8. The van der Waals surface area contributed by atoms with E-state index in [9.17, 15) is 0 Å². The smallest absolute Gasteiger partial charge is 0.00200 e. The van der Waals surface area contributed by atoms with Crippen LogP contribution in [0.2, 0.25) is 0 Å². The van der Waals surface area contributed by atoms with Gasteiger partial charge in [0.25, 0.3) is 0 Å². The van der Waals surface area contributed by atoms with Crippen molar-refractivity contribution >= 4 is 0 Å². The topological polar surface area (TPSA) is 12.0 Å². The van der Waals surface area contributed by atoms with Crippen LogP contribution in [0.15, 0.2) is 24.3 Å². The Labute approximate surface area is 107 Å². The molecule has 1 atom stereocenters. The standard InChI is InChI=1S/C16H27N/c1-5-10-17-12-14(4)11-15-6-8-16(9-7-15)13(2)3/h6-9,13-14,17H,5,10-12H2,1-4H3. The summed E-state index contributed by atoms with van der Waals surface area (Å²) in [6.07, 6.45) is 2.39. The summed E-state index contributed by atoms with van der Waals surface area (Å²) in [7, 11) is 0. The van der Waals surface area contributed by atoms with Crippen molar-refractivity contribution in [3.05, 3.63) is 35.4 Å². The van der Waals surface area contributed by atoms with Crippen molar-refractivity contribution in [3.63, 3.8) is 0 Å². The highest BCUT2D eigenvalue weighted by Crippen LogP contribution is 2.16. The van der Waals surface area contributed by atoms with E-state index in [1.54, 1.807) is 0 Å². The van der Waals surface area contributed by atoms with Crippen molar-refractivity contribution in [2.45, 2.75) is 46.5 Å². The zero-order valence-corrected chi connectivity index (χ0v) is 11.8. The lowest BCUT2D eigenvalue weighted by atomic mass is 9.97. The molecule has 0 aromatic heterocycles. The van der Waals surface area contributed by atoms with E-state index in [0.29, 0.717) is 11.8 Å². The van der Waals surface area contributed by atoms with E-state index in [1.165, 1.54) is 24.0 Å². The Hall–Kier alpha value is -0.820. The fraction of sp³-hybridized carbons (Fsp3) is 0.625. The highest BCUT2D eigenvalue weighted by molar-refractivity contribution is 5.24. The first kappa shape index (κ1) is 14.2. The molecule has 0 aliphatic rings. The van der Waals surface area contributed by atoms with Crippen molar-refractivity contribution in [1.82, 2.24) is 5.32 Å². The lowest BCUT2D eigenvalue weighted by molar-refractivity contribution is 0.510. The second kappa shape index (κ2) is 7.50. The fourth-order valence-electron chi connectivity index (χ4n) is 2.04. The van der Waals surface area contributed by atoms with Gasteiger partial charge in [-0.05, 0) is 48.9 Å². The molecule has 0 amide bonds. The van der Waals surface area contributed by atoms with Crippen LogP contribution in [-0.2, 0) is 6.42 Å². The van der Waals surface area contributed by atoms with E-state index < -0.39 is 0 Å². The van der Waals surface area contributed by atoms with Crippen molar-refractivity contribution in [3.8, 4) is 0 Å². The lowest BCUT2D eigenvalue weighted by Crippen LogP contribution is -2.23. The highest BCUT2D eigenvalue weighted by Gasteiger charge is 2.04. The summed E-state index contributed by atoms with van der Waals surface area (Å²) in [5.41, 5.74) is 2.89. The van der Waals surface area contributed by atoms with Gasteiger partial charge in [-0.3, -0.25) is 0 Å². The van der Waals surface area contributed by atoms with Gasteiger partial charge in [-0.15, -0.1) is 0 Å². The van der Waals surface area contributed by atoms with E-state index in [-0.39, 0.29) is 0 Å². The Kier molecular flexibility index (Phi) is 6.28. The molecule has 1 heteroatoms. The summed E-state index contributed by atoms with van der Waals surface area (Å²) in [6.45, 7) is 11.3. The maximum absolute atomic E-state index is 3.48. The molecule has 0 aliphatic carbocycles. The summed E-state index contributed by atoms with van der Waals surface area (Å²) >= 11 is 0. The van der Waals surface area contributed by atoms with Crippen LogP contribution < -0.4 is 5.32 Å². The molecular weight excluding hydrogens is 206 g/mol. The van der Waals surface area contributed by atoms with Crippen molar-refractivity contribution < 1.29 is 0 Å². The molecule has 1 unspecified atom stereocenters. The minimum Gasteiger partial charge on any atom is -0.316 e. The predicted molar refractivity (Wildman–Crippen MR) is 76.6 cm³/mol. The minimum absolute atomic E-state index is 0.632. The average molecular weight is 233 g/mol. The minimum atomic E-state index is 0.632. The molecule has 0 saturated carbocycles. The van der Waals surface area contributed by atoms with E-state index in [2.05, 4.69) is 57.3 Å². The molecule has 0 radical (unpaired) electrons. The SMILES string of the molecule is CCCNCC(C)Cc1ccc(C(C)C)cc1. The van der Waals surface area contributed by atoms with Crippen molar-refractivity contribution in [1.29, 1.82) is 0 Å². The first-order chi connectivity index (χ1) is 8.13. The number of rotatable bonds is 7. The summed E-state index contributed by atoms with van der Waals surface area (Å²) in [5, 5.41) is 3.48. The fourth-order valence-corrected chi connectivity index (χ4v) is 2.04. The van der Waals surface area contributed by atoms with Gasteiger partial charge in [0.2, 0.25) is 0 Å². The number of benzene rings is 1. The largest absolute Gasteiger partial charge is 0.316 e. The molecule has 1 N–H and O–H groups in total. The van der Waals surface area contributed by atoms with Gasteiger partial charge >= 0.3 is 0 Å². The van der Waals surface area contributed by atoms with Gasteiger partial charge in [-0.1, -0.05) is 52.0 Å². The zero-order valence-electron chi connectivity index (χ0n) is 11.8. The van der Waals surface area contributed by atoms with Crippen LogP contribution in [0.3, 0.4) is 0 Å². The number of nitrogens with one attached hydrogen (secondary N) is 1. The monoisotopic (exact) mass is 233 g/mol. The molecule has 0 heterocycles. The van der Waals surface area contributed by atoms with E-state index in [0.717, 1.165) is 13.1 Å². The van der Waals surface area contributed by atoms with Crippen molar-refractivity contribution in [2.75, 3.05) is 13.1 Å². The maximum atomic E-state index is 3.48. The second-order valence-electron chi connectivity index (χ2n) is 5.41. The summed E-state index contributed by atoms with van der Waals surface area (Å²) < 4.78 is 0. The number of hydrogen-bond donors (Lipinski definition) is 1. The van der Waals surface area contributed by atoms with Crippen LogP contribution in [0.5, 0.6) is 0 Å². The third kappa shape index (κ3) is 5.36. The van der Waals surface area contributed by atoms with Crippen LogP contribution in [0, 0.1) is 5.92 Å². The lowest BCUT2D eigenvalue weighted by Gasteiger charge is -2.13. The molecular formula is C16H27N. The van der Waals surface area contributed by atoms with Crippen LogP contribution in [0.25, 0.3) is 0 Å². The normalized spacial score (nSPS) is 13.0. The van der Waals surface area contributed by atoms with E-state index >= 15 is 0 Å². The van der Waals surface area contributed by atoms with E-state index in [4.69, 9.17) is 0 Å². The molecule has 0 aliphatic heterocycles. The molecule has 1 aromatic rings. The number of hydrogen-bond acceptors (Lipinski definition) is 1.